The van der Waals surface area contributed by atoms with Crippen LogP contribution in [0.15, 0.2) is 51.8 Å². The summed E-state index contributed by atoms with van der Waals surface area (Å²) in [7, 11) is 0. The number of H-pyrrole nitrogens is 2. The van der Waals surface area contributed by atoms with Gasteiger partial charge in [-0.05, 0) is 36.8 Å². The van der Waals surface area contributed by atoms with E-state index in [9.17, 15) is 9.59 Å². The van der Waals surface area contributed by atoms with Crippen LogP contribution in [-0.2, 0) is 0 Å². The summed E-state index contributed by atoms with van der Waals surface area (Å²) in [5.74, 6) is -0.983. The van der Waals surface area contributed by atoms with Crippen molar-refractivity contribution in [2.75, 3.05) is 0 Å². The molecule has 3 aromatic heterocycles. The third kappa shape index (κ3) is 2.11. The van der Waals surface area contributed by atoms with Crippen molar-refractivity contribution < 1.29 is 14.3 Å². The number of carboxylic acids is 1. The van der Waals surface area contributed by atoms with E-state index in [2.05, 4.69) is 15.2 Å². The van der Waals surface area contributed by atoms with Crippen molar-refractivity contribution in [3.05, 3.63) is 63.9 Å². The zero-order valence-electron chi connectivity index (χ0n) is 14.2. The van der Waals surface area contributed by atoms with Gasteiger partial charge < -0.3 is 14.6 Å². The van der Waals surface area contributed by atoms with Gasteiger partial charge in [0.25, 0.3) is 0 Å². The fourth-order valence-corrected chi connectivity index (χ4v) is 3.44. The molecular formula is C20H13N3O4. The first-order chi connectivity index (χ1) is 13.0. The number of carboxylic acid groups (broad SMARTS) is 1. The molecule has 2 aromatic carbocycles. The molecule has 0 aliphatic carbocycles. The average molecular weight is 359 g/mol. The Hall–Kier alpha value is -3.87. The number of hydrogen-bond donors (Lipinski definition) is 3. The van der Waals surface area contributed by atoms with Gasteiger partial charge in [-0.15, -0.1) is 0 Å². The molecule has 0 saturated heterocycles. The second kappa shape index (κ2) is 5.31. The number of furan rings is 1. The number of aromatic carboxylic acids is 1. The zero-order valence-corrected chi connectivity index (χ0v) is 14.2. The lowest BCUT2D eigenvalue weighted by Crippen LogP contribution is -2.01. The topological polar surface area (TPSA) is 112 Å². The van der Waals surface area contributed by atoms with E-state index >= 15 is 0 Å². The molecule has 7 nitrogen and oxygen atoms in total. The number of hydrogen-bond acceptors (Lipinski definition) is 4. The molecule has 5 aromatic rings. The van der Waals surface area contributed by atoms with E-state index in [1.165, 1.54) is 6.07 Å². The van der Waals surface area contributed by atoms with E-state index in [1.54, 1.807) is 43.5 Å². The predicted molar refractivity (Wildman–Crippen MR) is 101 cm³/mol. The van der Waals surface area contributed by atoms with Gasteiger partial charge in [-0.3, -0.25) is 9.89 Å². The Balaban J connectivity index is 1.93. The fraction of sp³-hybridized carbons (Fsp3) is 0.0500. The van der Waals surface area contributed by atoms with Gasteiger partial charge in [0.2, 0.25) is 0 Å². The molecule has 0 bridgehead atoms. The first-order valence-corrected chi connectivity index (χ1v) is 8.30. The molecule has 0 atom stereocenters. The highest BCUT2D eigenvalue weighted by molar-refractivity contribution is 6.14. The second-order valence-electron chi connectivity index (χ2n) is 6.39. The number of aryl methyl sites for hydroxylation is 1. The van der Waals surface area contributed by atoms with Crippen molar-refractivity contribution in [3.63, 3.8) is 0 Å². The van der Waals surface area contributed by atoms with Crippen molar-refractivity contribution in [1.82, 2.24) is 15.2 Å². The minimum Gasteiger partial charge on any atom is -0.478 e. The molecule has 0 spiro atoms. The van der Waals surface area contributed by atoms with Gasteiger partial charge in [0.15, 0.2) is 16.7 Å². The van der Waals surface area contributed by atoms with Crippen molar-refractivity contribution in [3.8, 4) is 11.1 Å². The van der Waals surface area contributed by atoms with Gasteiger partial charge in [-0.25, -0.2) is 9.78 Å². The quantitative estimate of drug-likeness (QED) is 0.443. The number of nitrogens with zero attached hydrogens (tertiary/aromatic N) is 1. The fourth-order valence-electron chi connectivity index (χ4n) is 3.44. The third-order valence-electron chi connectivity index (χ3n) is 4.83. The Morgan fingerprint density at radius 2 is 1.85 bits per heavy atom. The molecule has 0 aliphatic heterocycles. The largest absolute Gasteiger partial charge is 0.478 e. The van der Waals surface area contributed by atoms with E-state index in [4.69, 9.17) is 9.52 Å². The smallest absolute Gasteiger partial charge is 0.335 e. The SMILES string of the molecule is Cc1c(=O)ccc2c1oc1c(-c3ccc(C(=O)O)cc3)c3c[nH][nH]c3nc12. The molecule has 132 valence electrons. The number of aromatic nitrogens is 3. The Morgan fingerprint density at radius 1 is 1.07 bits per heavy atom. The highest BCUT2D eigenvalue weighted by Gasteiger charge is 2.20. The zero-order chi connectivity index (χ0) is 18.7. The summed E-state index contributed by atoms with van der Waals surface area (Å²) in [6, 6.07) is 9.82. The van der Waals surface area contributed by atoms with Gasteiger partial charge in [0, 0.05) is 28.1 Å². The van der Waals surface area contributed by atoms with Crippen molar-refractivity contribution >= 4 is 39.1 Å². The maximum atomic E-state index is 12.0. The van der Waals surface area contributed by atoms with Crippen LogP contribution in [0.4, 0.5) is 0 Å². The van der Waals surface area contributed by atoms with Gasteiger partial charge in [0.05, 0.1) is 5.56 Å². The second-order valence-corrected chi connectivity index (χ2v) is 6.39. The van der Waals surface area contributed by atoms with Crippen LogP contribution in [0, 0.1) is 6.92 Å². The maximum absolute atomic E-state index is 12.0. The van der Waals surface area contributed by atoms with Crippen molar-refractivity contribution in [1.29, 1.82) is 0 Å². The first-order valence-electron chi connectivity index (χ1n) is 8.30. The number of aromatic amines is 2. The summed E-state index contributed by atoms with van der Waals surface area (Å²) in [6.07, 6.45) is 1.78. The number of benzene rings is 2. The third-order valence-corrected chi connectivity index (χ3v) is 4.83. The van der Waals surface area contributed by atoms with Crippen LogP contribution >= 0.6 is 0 Å². The summed E-state index contributed by atoms with van der Waals surface area (Å²) in [6.45, 7) is 1.73. The molecule has 0 aliphatic rings. The number of carbonyl (C=O) groups is 1. The highest BCUT2D eigenvalue weighted by atomic mass is 16.4. The molecular weight excluding hydrogens is 346 g/mol. The summed E-state index contributed by atoms with van der Waals surface area (Å²) in [5, 5.41) is 16.7. The lowest BCUT2D eigenvalue weighted by Gasteiger charge is -2.05. The van der Waals surface area contributed by atoms with E-state index in [1.807, 2.05) is 0 Å². The van der Waals surface area contributed by atoms with E-state index in [0.29, 0.717) is 27.9 Å². The van der Waals surface area contributed by atoms with Crippen molar-refractivity contribution in [2.45, 2.75) is 6.92 Å². The lowest BCUT2D eigenvalue weighted by atomic mass is 10.0. The maximum Gasteiger partial charge on any atom is 0.335 e. The molecule has 7 heteroatoms. The monoisotopic (exact) mass is 359 g/mol. The summed E-state index contributed by atoms with van der Waals surface area (Å²) in [4.78, 5) is 27.8. The van der Waals surface area contributed by atoms with Crippen LogP contribution in [0.5, 0.6) is 0 Å². The van der Waals surface area contributed by atoms with E-state index in [0.717, 1.165) is 21.9 Å². The van der Waals surface area contributed by atoms with Gasteiger partial charge in [0.1, 0.15) is 11.1 Å². The molecule has 27 heavy (non-hydrogen) atoms. The Morgan fingerprint density at radius 3 is 2.59 bits per heavy atom. The van der Waals surface area contributed by atoms with Crippen LogP contribution in [0.25, 0.3) is 44.2 Å². The standard InChI is InChI=1S/C20H13N3O4/c1-9-14(24)7-6-12-16-18(27-17(9)12)15(13-8-21-23-19(13)22-16)10-2-4-11(5-3-10)20(25)26/h2-8H,1H3,(H,25,26)(H2,21,22,23). The van der Waals surface area contributed by atoms with Gasteiger partial charge in [-0.2, -0.15) is 0 Å². The summed E-state index contributed by atoms with van der Waals surface area (Å²) < 4.78 is 6.10. The van der Waals surface area contributed by atoms with E-state index in [-0.39, 0.29) is 11.0 Å². The number of nitrogens with one attached hydrogen (secondary N) is 2. The normalized spacial score (nSPS) is 11.6. The Bertz CT molecular complexity index is 1420. The number of fused-ring (bicyclic) bond motifs is 4. The van der Waals surface area contributed by atoms with Crippen LogP contribution < -0.4 is 5.43 Å². The molecule has 0 unspecified atom stereocenters. The minimum absolute atomic E-state index is 0.0900. The lowest BCUT2D eigenvalue weighted by molar-refractivity contribution is 0.0697. The molecule has 0 amide bonds. The van der Waals surface area contributed by atoms with Crippen LogP contribution in [0.3, 0.4) is 0 Å². The summed E-state index contributed by atoms with van der Waals surface area (Å²) >= 11 is 0. The van der Waals surface area contributed by atoms with Crippen molar-refractivity contribution in [2.24, 2.45) is 0 Å². The number of rotatable bonds is 2. The molecule has 5 rings (SSSR count). The Labute approximate surface area is 151 Å². The Kier molecular flexibility index (Phi) is 3.03. The van der Waals surface area contributed by atoms with E-state index < -0.39 is 5.97 Å². The minimum atomic E-state index is -0.983. The average Bonchev–Trinajstić information content (AvgIpc) is 3.27. The van der Waals surface area contributed by atoms with Crippen LogP contribution in [0.2, 0.25) is 0 Å². The molecule has 0 saturated carbocycles. The van der Waals surface area contributed by atoms with Crippen LogP contribution in [-0.4, -0.2) is 26.3 Å². The van der Waals surface area contributed by atoms with Crippen LogP contribution in [0.1, 0.15) is 15.9 Å². The molecule has 3 N–H and O–H groups in total. The first kappa shape index (κ1) is 15.4. The highest BCUT2D eigenvalue weighted by Crippen LogP contribution is 2.39. The molecule has 3 heterocycles. The van der Waals surface area contributed by atoms with Gasteiger partial charge in [-0.1, -0.05) is 12.1 Å². The molecule has 0 fully saturated rings. The summed E-state index contributed by atoms with van der Waals surface area (Å²) in [5.41, 5.74) is 4.60. The number of pyridine rings is 1. The van der Waals surface area contributed by atoms with Gasteiger partial charge >= 0.3 is 5.97 Å². The predicted octanol–water partition coefficient (Wildman–Crippen LogP) is 3.82. The molecule has 0 radical (unpaired) electrons.